The molecule has 0 heterocycles. The predicted octanol–water partition coefficient (Wildman–Crippen LogP) is 3.06. The van der Waals surface area contributed by atoms with Crippen LogP contribution >= 0.6 is 0 Å². The second-order valence-corrected chi connectivity index (χ2v) is 4.53. The molecule has 3 nitrogen and oxygen atoms in total. The van der Waals surface area contributed by atoms with Crippen LogP contribution in [0.1, 0.15) is 12.5 Å². The van der Waals surface area contributed by atoms with Crippen LogP contribution in [0, 0.1) is 0 Å². The van der Waals surface area contributed by atoms with Crippen LogP contribution in [0.5, 0.6) is 5.75 Å². The molecule has 19 heavy (non-hydrogen) atoms. The second kappa shape index (κ2) is 6.81. The van der Waals surface area contributed by atoms with Gasteiger partial charge in [0.05, 0.1) is 6.10 Å². The first-order valence-corrected chi connectivity index (χ1v) is 6.43. The van der Waals surface area contributed by atoms with Crippen LogP contribution in [0.25, 0.3) is 0 Å². The molecule has 0 radical (unpaired) electrons. The van der Waals surface area contributed by atoms with E-state index in [4.69, 9.17) is 4.74 Å². The van der Waals surface area contributed by atoms with Crippen LogP contribution in [0.15, 0.2) is 54.6 Å². The maximum atomic E-state index is 9.24. The van der Waals surface area contributed by atoms with Crippen molar-refractivity contribution >= 4 is 5.69 Å². The first-order chi connectivity index (χ1) is 9.24. The quantitative estimate of drug-likeness (QED) is 0.835. The number of hydrogen-bond donors (Lipinski definition) is 2. The number of nitrogens with one attached hydrogen (secondary N) is 1. The van der Waals surface area contributed by atoms with Crippen LogP contribution in [-0.4, -0.2) is 17.8 Å². The number of anilines is 1. The summed E-state index contributed by atoms with van der Waals surface area (Å²) in [5, 5.41) is 12.4. The van der Waals surface area contributed by atoms with E-state index in [9.17, 15) is 5.11 Å². The van der Waals surface area contributed by atoms with Crippen molar-refractivity contribution in [1.82, 2.24) is 0 Å². The van der Waals surface area contributed by atoms with Crippen molar-refractivity contribution in [2.75, 3.05) is 11.9 Å². The van der Waals surface area contributed by atoms with Gasteiger partial charge in [0.15, 0.2) is 0 Å². The van der Waals surface area contributed by atoms with Crippen LogP contribution in [-0.2, 0) is 6.61 Å². The molecule has 100 valence electrons. The Bertz CT molecular complexity index is 497. The van der Waals surface area contributed by atoms with E-state index in [0.29, 0.717) is 13.2 Å². The molecule has 0 aliphatic heterocycles. The molecule has 0 fully saturated rings. The molecular formula is C16H19NO2. The molecule has 2 rings (SSSR count). The molecule has 2 aromatic carbocycles. The molecule has 0 aliphatic carbocycles. The second-order valence-electron chi connectivity index (χ2n) is 4.53. The maximum absolute atomic E-state index is 9.24. The van der Waals surface area contributed by atoms with E-state index in [1.165, 1.54) is 0 Å². The van der Waals surface area contributed by atoms with Gasteiger partial charge in [-0.1, -0.05) is 36.4 Å². The minimum Gasteiger partial charge on any atom is -0.489 e. The lowest BCUT2D eigenvalue weighted by Gasteiger charge is -2.11. The van der Waals surface area contributed by atoms with Crippen LogP contribution in [0.3, 0.4) is 0 Å². The Morgan fingerprint density at radius 3 is 2.63 bits per heavy atom. The van der Waals surface area contributed by atoms with Gasteiger partial charge < -0.3 is 15.2 Å². The molecule has 0 bridgehead atoms. The van der Waals surface area contributed by atoms with E-state index < -0.39 is 0 Å². The van der Waals surface area contributed by atoms with Gasteiger partial charge >= 0.3 is 0 Å². The molecule has 1 unspecified atom stereocenters. The molecule has 0 aromatic heterocycles. The van der Waals surface area contributed by atoms with Gasteiger partial charge in [-0.15, -0.1) is 0 Å². The molecule has 3 heteroatoms. The maximum Gasteiger partial charge on any atom is 0.121 e. The largest absolute Gasteiger partial charge is 0.489 e. The minimum atomic E-state index is -0.367. The summed E-state index contributed by atoms with van der Waals surface area (Å²) in [6.07, 6.45) is -0.367. The third-order valence-corrected chi connectivity index (χ3v) is 2.68. The number of aliphatic hydroxyl groups is 1. The van der Waals surface area contributed by atoms with E-state index in [0.717, 1.165) is 17.0 Å². The third kappa shape index (κ3) is 4.64. The zero-order valence-corrected chi connectivity index (χ0v) is 11.0. The third-order valence-electron chi connectivity index (χ3n) is 2.68. The number of aliphatic hydroxyl groups excluding tert-OH is 1. The van der Waals surface area contributed by atoms with Crippen molar-refractivity contribution < 1.29 is 9.84 Å². The summed E-state index contributed by atoms with van der Waals surface area (Å²) in [4.78, 5) is 0. The number of rotatable bonds is 6. The highest BCUT2D eigenvalue weighted by Gasteiger charge is 1.99. The molecule has 0 saturated carbocycles. The smallest absolute Gasteiger partial charge is 0.121 e. The van der Waals surface area contributed by atoms with Crippen molar-refractivity contribution in [1.29, 1.82) is 0 Å². The van der Waals surface area contributed by atoms with E-state index in [1.807, 2.05) is 54.6 Å². The van der Waals surface area contributed by atoms with E-state index in [2.05, 4.69) is 5.32 Å². The van der Waals surface area contributed by atoms with Crippen LogP contribution in [0.4, 0.5) is 5.69 Å². The van der Waals surface area contributed by atoms with Gasteiger partial charge in [-0.3, -0.25) is 0 Å². The topological polar surface area (TPSA) is 41.5 Å². The standard InChI is InChI=1S/C16H19NO2/c1-13(18)11-17-15-8-5-9-16(10-15)19-12-14-6-3-2-4-7-14/h2-10,13,17-18H,11-12H2,1H3. The summed E-state index contributed by atoms with van der Waals surface area (Å²) in [5.41, 5.74) is 2.09. The Labute approximate surface area is 113 Å². The highest BCUT2D eigenvalue weighted by Crippen LogP contribution is 2.18. The summed E-state index contributed by atoms with van der Waals surface area (Å²) < 4.78 is 5.74. The Morgan fingerprint density at radius 2 is 1.89 bits per heavy atom. The van der Waals surface area contributed by atoms with Crippen molar-refractivity contribution in [3.05, 3.63) is 60.2 Å². The Balaban J connectivity index is 1.91. The van der Waals surface area contributed by atoms with Crippen molar-refractivity contribution in [3.8, 4) is 5.75 Å². The number of ether oxygens (including phenoxy) is 1. The Morgan fingerprint density at radius 1 is 1.11 bits per heavy atom. The fourth-order valence-electron chi connectivity index (χ4n) is 1.70. The van der Waals surface area contributed by atoms with Crippen LogP contribution < -0.4 is 10.1 Å². The van der Waals surface area contributed by atoms with Gasteiger partial charge in [0.2, 0.25) is 0 Å². The summed E-state index contributed by atoms with van der Waals surface area (Å²) >= 11 is 0. The monoisotopic (exact) mass is 257 g/mol. The molecule has 2 aromatic rings. The molecule has 2 N–H and O–H groups in total. The molecule has 0 amide bonds. The van der Waals surface area contributed by atoms with Gasteiger partial charge in [0, 0.05) is 18.3 Å². The van der Waals surface area contributed by atoms with Crippen LogP contribution in [0.2, 0.25) is 0 Å². The zero-order chi connectivity index (χ0) is 13.5. The highest BCUT2D eigenvalue weighted by atomic mass is 16.5. The van der Waals surface area contributed by atoms with E-state index in [-0.39, 0.29) is 6.10 Å². The Kier molecular flexibility index (Phi) is 4.81. The minimum absolute atomic E-state index is 0.367. The lowest BCUT2D eigenvalue weighted by atomic mass is 10.2. The fourth-order valence-corrected chi connectivity index (χ4v) is 1.70. The lowest BCUT2D eigenvalue weighted by molar-refractivity contribution is 0.208. The molecule has 0 aliphatic rings. The van der Waals surface area contributed by atoms with E-state index in [1.54, 1.807) is 6.92 Å². The highest BCUT2D eigenvalue weighted by molar-refractivity contribution is 5.48. The molecule has 1 atom stereocenters. The predicted molar refractivity (Wildman–Crippen MR) is 77.4 cm³/mol. The average molecular weight is 257 g/mol. The van der Waals surface area contributed by atoms with Crippen molar-refractivity contribution in [3.63, 3.8) is 0 Å². The number of hydrogen-bond acceptors (Lipinski definition) is 3. The summed E-state index contributed by atoms with van der Waals surface area (Å²) in [6, 6.07) is 17.8. The fraction of sp³-hybridized carbons (Fsp3) is 0.250. The van der Waals surface area contributed by atoms with Crippen molar-refractivity contribution in [2.24, 2.45) is 0 Å². The molecule has 0 saturated heterocycles. The molecular weight excluding hydrogens is 238 g/mol. The van der Waals surface area contributed by atoms with Gasteiger partial charge in [-0.25, -0.2) is 0 Å². The lowest BCUT2D eigenvalue weighted by Crippen LogP contribution is -2.15. The SMILES string of the molecule is CC(O)CNc1cccc(OCc2ccccc2)c1. The zero-order valence-electron chi connectivity index (χ0n) is 11.0. The van der Waals surface area contributed by atoms with Gasteiger partial charge in [0.1, 0.15) is 12.4 Å². The number of benzene rings is 2. The molecule has 0 spiro atoms. The summed E-state index contributed by atoms with van der Waals surface area (Å²) in [6.45, 7) is 2.84. The van der Waals surface area contributed by atoms with Gasteiger partial charge in [-0.05, 0) is 24.6 Å². The van der Waals surface area contributed by atoms with Gasteiger partial charge in [-0.2, -0.15) is 0 Å². The van der Waals surface area contributed by atoms with Gasteiger partial charge in [0.25, 0.3) is 0 Å². The normalized spacial score (nSPS) is 11.9. The Hall–Kier alpha value is -2.00. The van der Waals surface area contributed by atoms with Crippen molar-refractivity contribution in [2.45, 2.75) is 19.6 Å². The summed E-state index contributed by atoms with van der Waals surface area (Å²) in [7, 11) is 0. The van der Waals surface area contributed by atoms with E-state index >= 15 is 0 Å². The first kappa shape index (κ1) is 13.4. The summed E-state index contributed by atoms with van der Waals surface area (Å²) in [5.74, 6) is 0.819. The first-order valence-electron chi connectivity index (χ1n) is 6.43. The average Bonchev–Trinajstić information content (AvgIpc) is 2.44.